The van der Waals surface area contributed by atoms with Crippen molar-refractivity contribution in [2.45, 2.75) is 97.4 Å². The maximum Gasteiger partial charge on any atom is 0.320 e. The Labute approximate surface area is 269 Å². The van der Waals surface area contributed by atoms with Crippen LogP contribution in [0.25, 0.3) is 0 Å². The van der Waals surface area contributed by atoms with Crippen LogP contribution in [-0.2, 0) is 17.6 Å². The van der Waals surface area contributed by atoms with Crippen molar-refractivity contribution >= 4 is 17.3 Å². The molecule has 2 heterocycles. The number of benzene rings is 2. The number of nitrogens with one attached hydrogen (secondary N) is 1. The van der Waals surface area contributed by atoms with Crippen molar-refractivity contribution in [3.63, 3.8) is 0 Å². The molecule has 1 aliphatic carbocycles. The number of aromatic nitrogens is 1. The van der Waals surface area contributed by atoms with E-state index in [4.69, 9.17) is 10.1 Å². The Hall–Kier alpha value is -2.61. The summed E-state index contributed by atoms with van der Waals surface area (Å²) in [5.74, 6) is 1.10. The predicted octanol–water partition coefficient (Wildman–Crippen LogP) is 8.54. The highest BCUT2D eigenvalue weighted by atomic mass is 32.1. The Balaban J connectivity index is 0.000000416. The first kappa shape index (κ1) is 35.9. The Kier molecular flexibility index (Phi) is 15.0. The maximum absolute atomic E-state index is 13.8. The van der Waals surface area contributed by atoms with Crippen molar-refractivity contribution in [2.75, 3.05) is 26.7 Å². The number of carboxylic acids is 1. The van der Waals surface area contributed by atoms with Gasteiger partial charge in [-0.2, -0.15) is 0 Å². The van der Waals surface area contributed by atoms with Crippen molar-refractivity contribution in [1.82, 2.24) is 15.2 Å². The molecule has 0 spiro atoms. The van der Waals surface area contributed by atoms with Gasteiger partial charge in [0.1, 0.15) is 11.9 Å². The topological polar surface area (TPSA) is 65.5 Å². The summed E-state index contributed by atoms with van der Waals surface area (Å²) >= 11 is 1.95. The number of aliphatic carboxylic acids is 1. The van der Waals surface area contributed by atoms with Gasteiger partial charge in [-0.25, -0.2) is 9.37 Å². The molecule has 2 fully saturated rings. The normalized spacial score (nSPS) is 19.5. The van der Waals surface area contributed by atoms with Gasteiger partial charge in [0.25, 0.3) is 0 Å². The maximum atomic E-state index is 13.8. The lowest BCUT2D eigenvalue weighted by atomic mass is 9.87. The minimum atomic E-state index is -0.785. The van der Waals surface area contributed by atoms with E-state index in [0.717, 1.165) is 19.4 Å². The standard InChI is InChI=1S/C29H35FN2S.C6H13NO2.C2H6/c1-2-27-29(33-28(31-27)18-21-8-4-3-5-9-21)22-14-16-32(17-15-22)20-24-11-7-13-26(24)23-10-6-12-25(30)19-23;1-4(2)5(7-3)6(8)9;1-2/h3-6,8-10,12,19,22,24,26H,2,7,11,13-18,20H2,1H3;4-5,7H,1-3H3,(H,8,9);1-2H3/t24?,26-;;/m1../s1. The van der Waals surface area contributed by atoms with Crippen molar-refractivity contribution in [3.8, 4) is 0 Å². The molecule has 242 valence electrons. The molecule has 5 rings (SSSR count). The second-order valence-electron chi connectivity index (χ2n) is 12.2. The first-order valence-electron chi connectivity index (χ1n) is 16.7. The second kappa shape index (κ2) is 18.4. The average molecular weight is 624 g/mol. The number of hydrogen-bond acceptors (Lipinski definition) is 5. The van der Waals surface area contributed by atoms with Gasteiger partial charge in [0.2, 0.25) is 0 Å². The minimum Gasteiger partial charge on any atom is -0.480 e. The number of halogens is 1. The molecule has 3 atom stereocenters. The number of likely N-dealkylation sites (tertiary alicyclic amines) is 1. The molecule has 1 saturated carbocycles. The van der Waals surface area contributed by atoms with Gasteiger partial charge in [-0.1, -0.05) is 83.5 Å². The van der Waals surface area contributed by atoms with Crippen molar-refractivity contribution in [1.29, 1.82) is 0 Å². The smallest absolute Gasteiger partial charge is 0.320 e. The third kappa shape index (κ3) is 10.2. The van der Waals surface area contributed by atoms with Crippen LogP contribution >= 0.6 is 11.3 Å². The monoisotopic (exact) mass is 623 g/mol. The van der Waals surface area contributed by atoms with Crippen LogP contribution in [0.3, 0.4) is 0 Å². The van der Waals surface area contributed by atoms with Crippen LogP contribution < -0.4 is 5.32 Å². The van der Waals surface area contributed by atoms with Gasteiger partial charge in [-0.3, -0.25) is 4.79 Å². The summed E-state index contributed by atoms with van der Waals surface area (Å²) in [6.07, 6.45) is 8.19. The zero-order valence-electron chi connectivity index (χ0n) is 27.7. The zero-order valence-corrected chi connectivity index (χ0v) is 28.5. The fourth-order valence-electron chi connectivity index (χ4n) is 6.72. The molecular formula is C37H54FN3O2S. The van der Waals surface area contributed by atoms with E-state index in [9.17, 15) is 9.18 Å². The van der Waals surface area contributed by atoms with Gasteiger partial charge >= 0.3 is 5.97 Å². The van der Waals surface area contributed by atoms with Crippen molar-refractivity contribution < 1.29 is 14.3 Å². The van der Waals surface area contributed by atoms with Crippen LogP contribution in [0.1, 0.15) is 105 Å². The number of carbonyl (C=O) groups is 1. The Morgan fingerprint density at radius 3 is 2.34 bits per heavy atom. The van der Waals surface area contributed by atoms with Gasteiger partial charge in [0.15, 0.2) is 0 Å². The summed E-state index contributed by atoms with van der Waals surface area (Å²) in [7, 11) is 1.65. The first-order chi connectivity index (χ1) is 21.3. The Morgan fingerprint density at radius 2 is 1.77 bits per heavy atom. The molecule has 44 heavy (non-hydrogen) atoms. The van der Waals surface area contributed by atoms with E-state index in [1.54, 1.807) is 24.1 Å². The molecule has 1 saturated heterocycles. The SMILES string of the molecule is CC.CCc1nc(Cc2ccccc2)sc1C1CCN(CC2CCC[C@@H]2c2cccc(F)c2)CC1.CNC(C(=O)O)C(C)C. The molecule has 3 aromatic rings. The number of piperidine rings is 1. The lowest BCUT2D eigenvalue weighted by Crippen LogP contribution is -2.38. The minimum absolute atomic E-state index is 0.0955. The molecule has 2 aliphatic rings. The third-order valence-electron chi connectivity index (χ3n) is 8.94. The van der Waals surface area contributed by atoms with Gasteiger partial charge in [0.05, 0.1) is 10.7 Å². The summed E-state index contributed by atoms with van der Waals surface area (Å²) in [5, 5.41) is 12.4. The fraction of sp³-hybridized carbons (Fsp3) is 0.568. The number of rotatable bonds is 10. The number of aryl methyl sites for hydroxylation is 1. The molecule has 0 bridgehead atoms. The Morgan fingerprint density at radius 1 is 1.07 bits per heavy atom. The summed E-state index contributed by atoms with van der Waals surface area (Å²) in [4.78, 5) is 19.6. The highest BCUT2D eigenvalue weighted by Gasteiger charge is 2.32. The van der Waals surface area contributed by atoms with E-state index in [2.05, 4.69) is 53.5 Å². The van der Waals surface area contributed by atoms with Crippen molar-refractivity contribution in [2.24, 2.45) is 11.8 Å². The number of hydrogen-bond donors (Lipinski definition) is 2. The summed E-state index contributed by atoms with van der Waals surface area (Å²) in [6, 6.07) is 17.6. The Bertz CT molecular complexity index is 1260. The van der Waals surface area contributed by atoms with E-state index in [0.29, 0.717) is 17.8 Å². The van der Waals surface area contributed by atoms with Crippen LogP contribution in [0.2, 0.25) is 0 Å². The lowest BCUT2D eigenvalue weighted by Gasteiger charge is -2.35. The van der Waals surface area contributed by atoms with Crippen LogP contribution in [0.4, 0.5) is 4.39 Å². The van der Waals surface area contributed by atoms with Gasteiger partial charge in [-0.05, 0) is 99.2 Å². The van der Waals surface area contributed by atoms with Gasteiger partial charge in [0, 0.05) is 17.8 Å². The molecule has 2 N–H and O–H groups in total. The van der Waals surface area contributed by atoms with E-state index in [1.165, 1.54) is 67.0 Å². The van der Waals surface area contributed by atoms with Crippen LogP contribution in [0, 0.1) is 17.7 Å². The highest BCUT2D eigenvalue weighted by Crippen LogP contribution is 2.41. The van der Waals surface area contributed by atoms with E-state index >= 15 is 0 Å². The highest BCUT2D eigenvalue weighted by molar-refractivity contribution is 7.11. The summed E-state index contributed by atoms with van der Waals surface area (Å²) in [6.45, 7) is 13.5. The average Bonchev–Trinajstić information content (AvgIpc) is 3.66. The molecule has 0 radical (unpaired) electrons. The quantitative estimate of drug-likeness (QED) is 0.237. The van der Waals surface area contributed by atoms with Crippen LogP contribution in [0.5, 0.6) is 0 Å². The second-order valence-corrected chi connectivity index (χ2v) is 13.3. The number of thiazole rings is 1. The zero-order chi connectivity index (χ0) is 32.1. The fourth-order valence-corrected chi connectivity index (χ4v) is 8.07. The lowest BCUT2D eigenvalue weighted by molar-refractivity contribution is -0.140. The molecule has 1 aliphatic heterocycles. The van der Waals surface area contributed by atoms with Crippen LogP contribution in [0.15, 0.2) is 54.6 Å². The van der Waals surface area contributed by atoms with Crippen LogP contribution in [-0.4, -0.2) is 53.7 Å². The molecule has 2 unspecified atom stereocenters. The first-order valence-corrected chi connectivity index (χ1v) is 17.5. The van der Waals surface area contributed by atoms with E-state index in [1.807, 2.05) is 45.1 Å². The number of nitrogens with zero attached hydrogens (tertiary/aromatic N) is 2. The molecule has 1 aromatic heterocycles. The van der Waals surface area contributed by atoms with Gasteiger partial charge < -0.3 is 15.3 Å². The largest absolute Gasteiger partial charge is 0.480 e. The molecular weight excluding hydrogens is 569 g/mol. The molecule has 7 heteroatoms. The molecule has 0 amide bonds. The molecule has 5 nitrogen and oxygen atoms in total. The van der Waals surface area contributed by atoms with E-state index < -0.39 is 12.0 Å². The van der Waals surface area contributed by atoms with Crippen molar-refractivity contribution in [3.05, 3.63) is 87.1 Å². The third-order valence-corrected chi connectivity index (χ3v) is 10.2. The number of likely N-dealkylation sites (N-methyl/N-ethyl adjacent to an activating group) is 1. The number of carboxylic acid groups (broad SMARTS) is 1. The van der Waals surface area contributed by atoms with Gasteiger partial charge in [-0.15, -0.1) is 11.3 Å². The summed E-state index contributed by atoms with van der Waals surface area (Å²) in [5.41, 5.74) is 3.88. The predicted molar refractivity (Wildman–Crippen MR) is 182 cm³/mol. The summed E-state index contributed by atoms with van der Waals surface area (Å²) < 4.78 is 13.8. The molecule has 2 aromatic carbocycles. The van der Waals surface area contributed by atoms with E-state index in [-0.39, 0.29) is 11.7 Å².